The van der Waals surface area contributed by atoms with Crippen LogP contribution in [-0.2, 0) is 0 Å². The van der Waals surface area contributed by atoms with E-state index in [1.807, 2.05) is 0 Å². The average molecular weight is 307 g/mol. The van der Waals surface area contributed by atoms with Crippen molar-refractivity contribution in [3.63, 3.8) is 0 Å². The van der Waals surface area contributed by atoms with Gasteiger partial charge >= 0.3 is 0 Å². The number of nitrogens with one attached hydrogen (secondary N) is 1. The molecule has 2 rings (SSSR count). The zero-order valence-electron chi connectivity index (χ0n) is 11.8. The highest BCUT2D eigenvalue weighted by Gasteiger charge is 2.16. The van der Waals surface area contributed by atoms with Gasteiger partial charge in [-0.25, -0.2) is 8.78 Å². The maximum Gasteiger partial charge on any atom is 0.254 e. The molecule has 6 heteroatoms. The number of aliphatic hydroxyl groups is 1. The lowest BCUT2D eigenvalue weighted by atomic mass is 10.1. The molecular weight excluding hydrogens is 292 g/mol. The molecule has 0 radical (unpaired) electrons. The molecule has 2 N–H and O–H groups in total. The molecule has 4 nitrogen and oxygen atoms in total. The molecule has 0 aliphatic heterocycles. The Morgan fingerprint density at radius 2 is 1.91 bits per heavy atom. The van der Waals surface area contributed by atoms with Crippen molar-refractivity contribution in [3.8, 4) is 5.75 Å². The topological polar surface area (TPSA) is 58.6 Å². The molecule has 2 aromatic carbocycles. The lowest BCUT2D eigenvalue weighted by Gasteiger charge is -2.13. The second-order valence-electron chi connectivity index (χ2n) is 4.60. The maximum atomic E-state index is 13.5. The van der Waals surface area contributed by atoms with Gasteiger partial charge in [-0.3, -0.25) is 4.79 Å². The monoisotopic (exact) mass is 307 g/mol. The van der Waals surface area contributed by atoms with Crippen LogP contribution in [-0.4, -0.2) is 24.7 Å². The Hall–Kier alpha value is -2.47. The SMILES string of the molecule is COc1ccc([C@@H](O)CNC(=O)c2cccc(F)c2F)cc1. The number of hydrogen-bond donors (Lipinski definition) is 2. The number of carbonyl (C=O) groups excluding carboxylic acids is 1. The lowest BCUT2D eigenvalue weighted by Crippen LogP contribution is -2.29. The van der Waals surface area contributed by atoms with E-state index in [1.165, 1.54) is 19.2 Å². The largest absolute Gasteiger partial charge is 0.497 e. The minimum Gasteiger partial charge on any atom is -0.497 e. The van der Waals surface area contributed by atoms with Crippen molar-refractivity contribution < 1.29 is 23.4 Å². The molecule has 22 heavy (non-hydrogen) atoms. The van der Waals surface area contributed by atoms with Crippen molar-refractivity contribution in [2.45, 2.75) is 6.10 Å². The molecule has 0 saturated carbocycles. The molecule has 0 unspecified atom stereocenters. The van der Waals surface area contributed by atoms with Gasteiger partial charge in [0.25, 0.3) is 5.91 Å². The van der Waals surface area contributed by atoms with E-state index in [1.54, 1.807) is 24.3 Å². The van der Waals surface area contributed by atoms with Crippen LogP contribution in [0.3, 0.4) is 0 Å². The fourth-order valence-electron chi connectivity index (χ4n) is 1.91. The third-order valence-electron chi connectivity index (χ3n) is 3.15. The third-order valence-corrected chi connectivity index (χ3v) is 3.15. The van der Waals surface area contributed by atoms with Crippen molar-refractivity contribution in [1.29, 1.82) is 0 Å². The van der Waals surface area contributed by atoms with Crippen LogP contribution in [0.25, 0.3) is 0 Å². The summed E-state index contributed by atoms with van der Waals surface area (Å²) < 4.78 is 31.5. The van der Waals surface area contributed by atoms with Crippen LogP contribution < -0.4 is 10.1 Å². The number of rotatable bonds is 5. The van der Waals surface area contributed by atoms with Crippen LogP contribution in [0.1, 0.15) is 22.0 Å². The molecule has 0 aliphatic rings. The molecule has 0 fully saturated rings. The smallest absolute Gasteiger partial charge is 0.254 e. The van der Waals surface area contributed by atoms with Crippen molar-refractivity contribution in [3.05, 3.63) is 65.2 Å². The third kappa shape index (κ3) is 3.59. The van der Waals surface area contributed by atoms with E-state index in [2.05, 4.69) is 5.32 Å². The summed E-state index contributed by atoms with van der Waals surface area (Å²) in [5.41, 5.74) is 0.169. The van der Waals surface area contributed by atoms with E-state index in [4.69, 9.17) is 4.74 Å². The van der Waals surface area contributed by atoms with Gasteiger partial charge in [-0.15, -0.1) is 0 Å². The number of aliphatic hydroxyl groups excluding tert-OH is 1. The Balaban J connectivity index is 1.99. The van der Waals surface area contributed by atoms with Crippen LogP contribution >= 0.6 is 0 Å². The summed E-state index contributed by atoms with van der Waals surface area (Å²) in [5, 5.41) is 12.3. The van der Waals surface area contributed by atoms with E-state index in [0.29, 0.717) is 11.3 Å². The van der Waals surface area contributed by atoms with Gasteiger partial charge in [0.2, 0.25) is 0 Å². The lowest BCUT2D eigenvalue weighted by molar-refractivity contribution is 0.0911. The average Bonchev–Trinajstić information content (AvgIpc) is 2.55. The first-order chi connectivity index (χ1) is 10.5. The molecule has 0 heterocycles. The summed E-state index contributed by atoms with van der Waals surface area (Å²) in [6.45, 7) is -0.124. The number of ether oxygens (including phenoxy) is 1. The van der Waals surface area contributed by atoms with Gasteiger partial charge in [-0.05, 0) is 29.8 Å². The number of carbonyl (C=O) groups is 1. The number of amides is 1. The fourth-order valence-corrected chi connectivity index (χ4v) is 1.91. The van der Waals surface area contributed by atoms with Crippen LogP contribution in [0.5, 0.6) is 5.75 Å². The first-order valence-corrected chi connectivity index (χ1v) is 6.57. The predicted octanol–water partition coefficient (Wildman–Crippen LogP) is 2.44. The van der Waals surface area contributed by atoms with Crippen LogP contribution in [0.4, 0.5) is 8.78 Å². The molecule has 0 spiro atoms. The Morgan fingerprint density at radius 3 is 2.55 bits per heavy atom. The molecule has 0 aromatic heterocycles. The molecule has 0 aliphatic carbocycles. The summed E-state index contributed by atoms with van der Waals surface area (Å²) in [4.78, 5) is 11.8. The highest BCUT2D eigenvalue weighted by molar-refractivity contribution is 5.94. The highest BCUT2D eigenvalue weighted by atomic mass is 19.2. The molecule has 2 aromatic rings. The Labute approximate surface area is 126 Å². The first kappa shape index (κ1) is 15.9. The number of methoxy groups -OCH3 is 1. The summed E-state index contributed by atoms with van der Waals surface area (Å²) in [6, 6.07) is 10.00. The number of benzene rings is 2. The van der Waals surface area contributed by atoms with Gasteiger partial charge in [0.1, 0.15) is 5.75 Å². The molecule has 116 valence electrons. The fraction of sp³-hybridized carbons (Fsp3) is 0.188. The van der Waals surface area contributed by atoms with E-state index in [-0.39, 0.29) is 6.54 Å². The van der Waals surface area contributed by atoms with Crippen molar-refractivity contribution in [1.82, 2.24) is 5.32 Å². The van der Waals surface area contributed by atoms with Gasteiger partial charge in [-0.2, -0.15) is 0 Å². The summed E-state index contributed by atoms with van der Waals surface area (Å²) in [5.74, 6) is -2.45. The normalized spacial score (nSPS) is 11.8. The van der Waals surface area contributed by atoms with Crippen molar-refractivity contribution in [2.24, 2.45) is 0 Å². The highest BCUT2D eigenvalue weighted by Crippen LogP contribution is 2.17. The van der Waals surface area contributed by atoms with Crippen molar-refractivity contribution in [2.75, 3.05) is 13.7 Å². The Kier molecular flexibility index (Phi) is 5.06. The summed E-state index contributed by atoms with van der Waals surface area (Å²) in [6.07, 6.45) is -0.966. The second kappa shape index (κ2) is 7.00. The van der Waals surface area contributed by atoms with Crippen LogP contribution in [0.15, 0.2) is 42.5 Å². The molecule has 1 atom stereocenters. The van der Waals surface area contributed by atoms with Gasteiger partial charge in [-0.1, -0.05) is 18.2 Å². The molecule has 0 bridgehead atoms. The number of halogens is 2. The van der Waals surface area contributed by atoms with E-state index in [0.717, 1.165) is 6.07 Å². The van der Waals surface area contributed by atoms with Crippen LogP contribution in [0, 0.1) is 11.6 Å². The van der Waals surface area contributed by atoms with Gasteiger partial charge < -0.3 is 15.2 Å². The predicted molar refractivity (Wildman–Crippen MR) is 76.6 cm³/mol. The molecule has 1 amide bonds. The minimum atomic E-state index is -1.21. The molecular formula is C16H15F2NO3. The van der Waals surface area contributed by atoms with Gasteiger partial charge in [0.05, 0.1) is 18.8 Å². The zero-order valence-corrected chi connectivity index (χ0v) is 11.8. The summed E-state index contributed by atoms with van der Waals surface area (Å²) >= 11 is 0. The Bertz CT molecular complexity index is 659. The summed E-state index contributed by atoms with van der Waals surface area (Å²) in [7, 11) is 1.53. The zero-order chi connectivity index (χ0) is 16.1. The van der Waals surface area contributed by atoms with E-state index < -0.39 is 29.2 Å². The second-order valence-corrected chi connectivity index (χ2v) is 4.60. The van der Waals surface area contributed by atoms with Gasteiger partial charge in [0, 0.05) is 6.54 Å². The Morgan fingerprint density at radius 1 is 1.23 bits per heavy atom. The van der Waals surface area contributed by atoms with Crippen LogP contribution in [0.2, 0.25) is 0 Å². The maximum absolute atomic E-state index is 13.5. The minimum absolute atomic E-state index is 0.124. The quantitative estimate of drug-likeness (QED) is 0.892. The standard InChI is InChI=1S/C16H15F2NO3/c1-22-11-7-5-10(6-8-11)14(20)9-19-16(21)12-3-2-4-13(17)15(12)18/h2-8,14,20H,9H2,1H3,(H,19,21)/t14-/m0/s1. The molecule has 0 saturated heterocycles. The van der Waals surface area contributed by atoms with E-state index in [9.17, 15) is 18.7 Å². The van der Waals surface area contributed by atoms with E-state index >= 15 is 0 Å². The van der Waals surface area contributed by atoms with Crippen molar-refractivity contribution >= 4 is 5.91 Å². The van der Waals surface area contributed by atoms with Gasteiger partial charge in [0.15, 0.2) is 11.6 Å². The number of hydrogen-bond acceptors (Lipinski definition) is 3. The first-order valence-electron chi connectivity index (χ1n) is 6.57.